The first-order chi connectivity index (χ1) is 13.0. The molecule has 3 aliphatic rings. The Kier molecular flexibility index (Phi) is 5.98. The Bertz CT molecular complexity index is 617. The number of nitrogens with zero attached hydrogens (tertiary/aromatic N) is 2. The molecule has 1 unspecified atom stereocenters. The van der Waals surface area contributed by atoms with E-state index in [9.17, 15) is 19.2 Å². The third kappa shape index (κ3) is 4.07. The molecule has 1 atom stereocenters. The van der Waals surface area contributed by atoms with E-state index in [1.807, 2.05) is 0 Å². The van der Waals surface area contributed by atoms with Crippen LogP contribution in [0.3, 0.4) is 0 Å². The number of amides is 5. The summed E-state index contributed by atoms with van der Waals surface area (Å²) in [6.07, 6.45) is 4.81. The molecule has 0 aromatic rings. The molecule has 0 radical (unpaired) electrons. The van der Waals surface area contributed by atoms with Crippen LogP contribution in [-0.4, -0.2) is 71.8 Å². The largest absolute Gasteiger partial charge is 0.355 e. The van der Waals surface area contributed by atoms with Gasteiger partial charge in [-0.1, -0.05) is 12.8 Å². The summed E-state index contributed by atoms with van der Waals surface area (Å²) in [5, 5.41) is 5.59. The van der Waals surface area contributed by atoms with E-state index in [4.69, 9.17) is 5.73 Å². The molecule has 0 bridgehead atoms. The number of hydrogen-bond donors (Lipinski definition) is 3. The monoisotopic (exact) mass is 379 g/mol. The number of piperidine rings is 1. The zero-order valence-electron chi connectivity index (χ0n) is 15.7. The van der Waals surface area contributed by atoms with Crippen LogP contribution in [0.25, 0.3) is 0 Å². The summed E-state index contributed by atoms with van der Waals surface area (Å²) in [5.74, 6) is -0.627. The second-order valence-corrected chi connectivity index (χ2v) is 7.68. The molecular formula is C18H29N5O4. The highest BCUT2D eigenvalue weighted by atomic mass is 16.2. The first-order valence-electron chi connectivity index (χ1n) is 9.86. The minimum absolute atomic E-state index is 0.0739. The van der Waals surface area contributed by atoms with Crippen LogP contribution in [0.4, 0.5) is 4.79 Å². The minimum Gasteiger partial charge on any atom is -0.355 e. The summed E-state index contributed by atoms with van der Waals surface area (Å²) in [6.45, 7) is 1.88. The standard InChI is InChI=1S/C18H29N5O4/c19-8-9-20-15(25)13-4-3-10-22(12-13)14(24)5-11-23-16(26)18(21-17(23)27)6-1-2-7-18/h13H,1-12,19H2,(H,20,25)(H,21,27). The Morgan fingerprint density at radius 1 is 1.22 bits per heavy atom. The van der Waals surface area contributed by atoms with Crippen LogP contribution in [0.5, 0.6) is 0 Å². The fourth-order valence-corrected chi connectivity index (χ4v) is 4.32. The molecule has 150 valence electrons. The molecule has 2 saturated heterocycles. The summed E-state index contributed by atoms with van der Waals surface area (Å²) in [4.78, 5) is 52.3. The molecule has 9 nitrogen and oxygen atoms in total. The normalized spacial score (nSPS) is 24.4. The lowest BCUT2D eigenvalue weighted by Gasteiger charge is -2.32. The lowest BCUT2D eigenvalue weighted by molar-refractivity contribution is -0.136. The van der Waals surface area contributed by atoms with Gasteiger partial charge in [-0.25, -0.2) is 4.79 Å². The summed E-state index contributed by atoms with van der Waals surface area (Å²) >= 11 is 0. The molecule has 0 aromatic carbocycles. The van der Waals surface area contributed by atoms with Gasteiger partial charge >= 0.3 is 6.03 Å². The van der Waals surface area contributed by atoms with Gasteiger partial charge in [0, 0.05) is 39.1 Å². The average molecular weight is 379 g/mol. The van der Waals surface area contributed by atoms with Gasteiger partial charge in [-0.3, -0.25) is 19.3 Å². The lowest BCUT2D eigenvalue weighted by Crippen LogP contribution is -2.47. The summed E-state index contributed by atoms with van der Waals surface area (Å²) in [5.41, 5.74) is 4.66. The predicted molar refractivity (Wildman–Crippen MR) is 97.4 cm³/mol. The van der Waals surface area contributed by atoms with Gasteiger partial charge < -0.3 is 21.3 Å². The molecule has 0 aromatic heterocycles. The molecule has 2 heterocycles. The Hall–Kier alpha value is -2.16. The maximum Gasteiger partial charge on any atom is 0.325 e. The van der Waals surface area contributed by atoms with E-state index < -0.39 is 11.6 Å². The lowest BCUT2D eigenvalue weighted by atomic mass is 9.96. The number of carbonyl (C=O) groups is 4. The summed E-state index contributed by atoms with van der Waals surface area (Å²) in [7, 11) is 0. The van der Waals surface area contributed by atoms with E-state index in [0.717, 1.165) is 25.7 Å². The van der Waals surface area contributed by atoms with E-state index in [1.165, 1.54) is 4.90 Å². The van der Waals surface area contributed by atoms with E-state index in [-0.39, 0.29) is 36.6 Å². The van der Waals surface area contributed by atoms with E-state index >= 15 is 0 Å². The fourth-order valence-electron chi connectivity index (χ4n) is 4.32. The Morgan fingerprint density at radius 2 is 1.96 bits per heavy atom. The number of nitrogens with two attached hydrogens (primary N) is 1. The van der Waals surface area contributed by atoms with Gasteiger partial charge in [0.2, 0.25) is 11.8 Å². The molecule has 1 saturated carbocycles. The molecule has 1 spiro atoms. The van der Waals surface area contributed by atoms with Crippen LogP contribution in [-0.2, 0) is 14.4 Å². The highest BCUT2D eigenvalue weighted by Crippen LogP contribution is 2.35. The highest BCUT2D eigenvalue weighted by Gasteiger charge is 2.52. The first-order valence-corrected chi connectivity index (χ1v) is 9.86. The van der Waals surface area contributed by atoms with Gasteiger partial charge in [0.15, 0.2) is 0 Å². The molecule has 3 rings (SSSR count). The van der Waals surface area contributed by atoms with Crippen molar-refractivity contribution in [3.63, 3.8) is 0 Å². The van der Waals surface area contributed by atoms with Crippen LogP contribution in [0.2, 0.25) is 0 Å². The minimum atomic E-state index is -0.739. The second-order valence-electron chi connectivity index (χ2n) is 7.68. The zero-order valence-corrected chi connectivity index (χ0v) is 15.7. The van der Waals surface area contributed by atoms with Gasteiger partial charge in [-0.05, 0) is 25.7 Å². The third-order valence-electron chi connectivity index (χ3n) is 5.84. The molecular weight excluding hydrogens is 350 g/mol. The number of carbonyl (C=O) groups excluding carboxylic acids is 4. The second kappa shape index (κ2) is 8.24. The molecule has 1 aliphatic carbocycles. The molecule has 4 N–H and O–H groups in total. The summed E-state index contributed by atoms with van der Waals surface area (Å²) < 4.78 is 0. The van der Waals surface area contributed by atoms with Crippen molar-refractivity contribution in [1.82, 2.24) is 20.4 Å². The maximum atomic E-state index is 12.6. The molecule has 27 heavy (non-hydrogen) atoms. The van der Waals surface area contributed by atoms with E-state index in [1.54, 1.807) is 4.90 Å². The number of imide groups is 1. The smallest absolute Gasteiger partial charge is 0.325 e. The fraction of sp³-hybridized carbons (Fsp3) is 0.778. The average Bonchev–Trinajstić information content (AvgIpc) is 3.23. The predicted octanol–water partition coefficient (Wildman–Crippen LogP) is -0.445. The van der Waals surface area contributed by atoms with Gasteiger partial charge in [0.25, 0.3) is 5.91 Å². The number of likely N-dealkylation sites (tertiary alicyclic amines) is 1. The Balaban J connectivity index is 1.51. The topological polar surface area (TPSA) is 125 Å². The number of nitrogens with one attached hydrogen (secondary N) is 2. The molecule has 3 fully saturated rings. The van der Waals surface area contributed by atoms with Gasteiger partial charge in [0.1, 0.15) is 5.54 Å². The van der Waals surface area contributed by atoms with Crippen LogP contribution >= 0.6 is 0 Å². The maximum absolute atomic E-state index is 12.6. The highest BCUT2D eigenvalue weighted by molar-refractivity contribution is 6.07. The zero-order chi connectivity index (χ0) is 19.4. The quantitative estimate of drug-likeness (QED) is 0.539. The van der Waals surface area contributed by atoms with Crippen molar-refractivity contribution in [3.8, 4) is 0 Å². The first kappa shape index (κ1) is 19.6. The van der Waals surface area contributed by atoms with Crippen molar-refractivity contribution in [2.45, 2.75) is 50.5 Å². The van der Waals surface area contributed by atoms with Crippen LogP contribution in [0.15, 0.2) is 0 Å². The summed E-state index contributed by atoms with van der Waals surface area (Å²) in [6, 6.07) is -0.396. The molecule has 5 amide bonds. The van der Waals surface area contributed by atoms with Crippen molar-refractivity contribution < 1.29 is 19.2 Å². The van der Waals surface area contributed by atoms with Crippen LogP contribution in [0, 0.1) is 5.92 Å². The van der Waals surface area contributed by atoms with Crippen molar-refractivity contribution in [3.05, 3.63) is 0 Å². The van der Waals surface area contributed by atoms with E-state index in [2.05, 4.69) is 10.6 Å². The molecule has 2 aliphatic heterocycles. The van der Waals surface area contributed by atoms with E-state index in [0.29, 0.717) is 39.0 Å². The van der Waals surface area contributed by atoms with Crippen molar-refractivity contribution in [1.29, 1.82) is 0 Å². The number of urea groups is 1. The number of hydrogen-bond acceptors (Lipinski definition) is 5. The van der Waals surface area contributed by atoms with Crippen LogP contribution < -0.4 is 16.4 Å². The van der Waals surface area contributed by atoms with Crippen LogP contribution in [0.1, 0.15) is 44.9 Å². The van der Waals surface area contributed by atoms with Gasteiger partial charge in [0.05, 0.1) is 5.92 Å². The molecule has 9 heteroatoms. The van der Waals surface area contributed by atoms with Gasteiger partial charge in [-0.2, -0.15) is 0 Å². The Morgan fingerprint density at radius 3 is 2.67 bits per heavy atom. The van der Waals surface area contributed by atoms with Crippen molar-refractivity contribution >= 4 is 23.8 Å². The number of rotatable bonds is 6. The van der Waals surface area contributed by atoms with Crippen molar-refractivity contribution in [2.75, 3.05) is 32.7 Å². The van der Waals surface area contributed by atoms with Gasteiger partial charge in [-0.15, -0.1) is 0 Å². The SMILES string of the molecule is NCCNC(=O)C1CCCN(C(=O)CCN2C(=O)NC3(CCCC3)C2=O)C1. The Labute approximate surface area is 159 Å². The van der Waals surface area contributed by atoms with Crippen molar-refractivity contribution in [2.24, 2.45) is 11.7 Å². The third-order valence-corrected chi connectivity index (χ3v) is 5.84.